The molecule has 4 rings (SSSR count). The molecule has 0 amide bonds. The number of likely N-dealkylation sites (N-methyl/N-ethyl adjacent to an activating group) is 1. The molecule has 1 saturated heterocycles. The molecule has 2 N–H and O–H groups in total. The monoisotopic (exact) mass is 447 g/mol. The summed E-state index contributed by atoms with van der Waals surface area (Å²) in [6, 6.07) is 14.0. The molecule has 1 aliphatic heterocycles. The van der Waals surface area contributed by atoms with Crippen molar-refractivity contribution in [3.8, 4) is 11.8 Å². The summed E-state index contributed by atoms with van der Waals surface area (Å²) in [5.74, 6) is 1.33. The lowest BCUT2D eigenvalue weighted by Gasteiger charge is -2.34. The van der Waals surface area contributed by atoms with Crippen molar-refractivity contribution >= 4 is 28.8 Å². The molecule has 1 fully saturated rings. The summed E-state index contributed by atoms with van der Waals surface area (Å²) in [5, 5.41) is 15.4. The first kappa shape index (κ1) is 22.3. The van der Waals surface area contributed by atoms with E-state index >= 15 is 0 Å². The molecule has 2 heterocycles. The zero-order valence-corrected chi connectivity index (χ0v) is 18.7. The predicted molar refractivity (Wildman–Crippen MR) is 127 cm³/mol. The molecule has 8 nitrogen and oxygen atoms in total. The van der Waals surface area contributed by atoms with Crippen LogP contribution < -0.4 is 20.3 Å². The summed E-state index contributed by atoms with van der Waals surface area (Å²) in [6.45, 7) is 3.93. The van der Waals surface area contributed by atoms with E-state index in [9.17, 15) is 4.39 Å². The van der Waals surface area contributed by atoms with Gasteiger partial charge < -0.3 is 25.2 Å². The number of rotatable bonds is 7. The number of methoxy groups -OCH3 is 1. The Labute approximate surface area is 192 Å². The van der Waals surface area contributed by atoms with E-state index in [1.54, 1.807) is 25.4 Å². The van der Waals surface area contributed by atoms with Crippen LogP contribution in [0.3, 0.4) is 0 Å². The summed E-state index contributed by atoms with van der Waals surface area (Å²) in [4.78, 5) is 13.4. The fraction of sp³-hybridized carbons (Fsp3) is 0.292. The summed E-state index contributed by atoms with van der Waals surface area (Å²) in [6.07, 6.45) is 1.72. The van der Waals surface area contributed by atoms with Crippen molar-refractivity contribution < 1.29 is 9.13 Å². The number of nitriles is 1. The Kier molecular flexibility index (Phi) is 6.86. The molecule has 0 aliphatic carbocycles. The van der Waals surface area contributed by atoms with Crippen LogP contribution in [0.4, 0.5) is 33.2 Å². The minimum atomic E-state index is -0.384. The molecule has 0 saturated carbocycles. The van der Waals surface area contributed by atoms with Crippen molar-refractivity contribution in [2.24, 2.45) is 0 Å². The lowest BCUT2D eigenvalue weighted by Crippen LogP contribution is -2.44. The second-order valence-corrected chi connectivity index (χ2v) is 7.83. The van der Waals surface area contributed by atoms with Crippen molar-refractivity contribution in [2.45, 2.75) is 6.42 Å². The molecule has 0 spiro atoms. The highest BCUT2D eigenvalue weighted by atomic mass is 19.1. The maximum Gasteiger partial charge on any atom is 0.229 e. The smallest absolute Gasteiger partial charge is 0.229 e. The molecule has 1 aromatic heterocycles. The zero-order chi connectivity index (χ0) is 23.2. The quantitative estimate of drug-likeness (QED) is 0.563. The van der Waals surface area contributed by atoms with E-state index in [1.807, 2.05) is 18.2 Å². The average molecular weight is 448 g/mol. The Morgan fingerprint density at radius 2 is 1.91 bits per heavy atom. The first-order valence-electron chi connectivity index (χ1n) is 10.7. The SMILES string of the molecule is COc1cc(Nc2nccc(Nc3ccc(F)cc3CC#N)n2)ccc1N1CCN(C)CC1. The van der Waals surface area contributed by atoms with Crippen molar-refractivity contribution in [3.05, 3.63) is 60.0 Å². The minimum Gasteiger partial charge on any atom is -0.495 e. The molecule has 0 bridgehead atoms. The van der Waals surface area contributed by atoms with Gasteiger partial charge in [-0.2, -0.15) is 10.2 Å². The van der Waals surface area contributed by atoms with Gasteiger partial charge in [-0.05, 0) is 49.0 Å². The van der Waals surface area contributed by atoms with Gasteiger partial charge in [-0.15, -0.1) is 0 Å². The number of piperazine rings is 1. The lowest BCUT2D eigenvalue weighted by molar-refractivity contribution is 0.311. The summed E-state index contributed by atoms with van der Waals surface area (Å²) in [5.41, 5.74) is 3.05. The summed E-state index contributed by atoms with van der Waals surface area (Å²) < 4.78 is 19.2. The Balaban J connectivity index is 1.50. The molecule has 0 radical (unpaired) electrons. The zero-order valence-electron chi connectivity index (χ0n) is 18.7. The van der Waals surface area contributed by atoms with E-state index in [0.717, 1.165) is 43.3 Å². The minimum absolute atomic E-state index is 0.0930. The number of halogens is 1. The maximum atomic E-state index is 13.6. The number of hydrogen-bond acceptors (Lipinski definition) is 8. The first-order chi connectivity index (χ1) is 16.1. The largest absolute Gasteiger partial charge is 0.495 e. The number of hydrogen-bond donors (Lipinski definition) is 2. The summed E-state index contributed by atoms with van der Waals surface area (Å²) in [7, 11) is 3.80. The molecular formula is C24H26FN7O. The average Bonchev–Trinajstić information content (AvgIpc) is 2.82. The Morgan fingerprint density at radius 1 is 1.09 bits per heavy atom. The van der Waals surface area contributed by atoms with Crippen LogP contribution in [0, 0.1) is 17.1 Å². The van der Waals surface area contributed by atoms with E-state index < -0.39 is 0 Å². The molecule has 170 valence electrons. The van der Waals surface area contributed by atoms with Crippen LogP contribution in [-0.2, 0) is 6.42 Å². The molecule has 2 aromatic carbocycles. The number of ether oxygens (including phenoxy) is 1. The van der Waals surface area contributed by atoms with Crippen LogP contribution >= 0.6 is 0 Å². The van der Waals surface area contributed by atoms with Crippen LogP contribution in [0.5, 0.6) is 5.75 Å². The van der Waals surface area contributed by atoms with Gasteiger partial charge in [-0.25, -0.2) is 9.37 Å². The van der Waals surface area contributed by atoms with Crippen LogP contribution in [0.15, 0.2) is 48.7 Å². The first-order valence-corrected chi connectivity index (χ1v) is 10.7. The highest BCUT2D eigenvalue weighted by Gasteiger charge is 2.18. The van der Waals surface area contributed by atoms with Crippen molar-refractivity contribution in [3.63, 3.8) is 0 Å². The molecule has 3 aromatic rings. The van der Waals surface area contributed by atoms with Crippen LogP contribution in [0.1, 0.15) is 5.56 Å². The van der Waals surface area contributed by atoms with Crippen molar-refractivity contribution in [2.75, 3.05) is 55.9 Å². The Hall–Kier alpha value is -3.90. The van der Waals surface area contributed by atoms with Gasteiger partial charge >= 0.3 is 0 Å². The molecule has 0 unspecified atom stereocenters. The van der Waals surface area contributed by atoms with Crippen LogP contribution in [0.25, 0.3) is 0 Å². The Bertz CT molecular complexity index is 1160. The summed E-state index contributed by atoms with van der Waals surface area (Å²) >= 11 is 0. The van der Waals surface area contributed by atoms with Gasteiger partial charge in [0, 0.05) is 49.8 Å². The fourth-order valence-electron chi connectivity index (χ4n) is 3.74. The Morgan fingerprint density at radius 3 is 2.67 bits per heavy atom. The van der Waals surface area contributed by atoms with E-state index in [2.05, 4.69) is 43.5 Å². The van der Waals surface area contributed by atoms with Gasteiger partial charge in [-0.3, -0.25) is 0 Å². The molecule has 1 aliphatic rings. The predicted octanol–water partition coefficient (Wildman–Crippen LogP) is 3.93. The van der Waals surface area contributed by atoms with E-state index in [0.29, 0.717) is 23.0 Å². The lowest BCUT2D eigenvalue weighted by atomic mass is 10.1. The van der Waals surface area contributed by atoms with Crippen molar-refractivity contribution in [1.82, 2.24) is 14.9 Å². The van der Waals surface area contributed by atoms with Gasteiger partial charge in [0.25, 0.3) is 0 Å². The highest BCUT2D eigenvalue weighted by Crippen LogP contribution is 2.33. The second kappa shape index (κ2) is 10.1. The number of nitrogens with one attached hydrogen (secondary N) is 2. The van der Waals surface area contributed by atoms with Gasteiger partial charge in [-0.1, -0.05) is 0 Å². The van der Waals surface area contributed by atoms with Gasteiger partial charge in [0.2, 0.25) is 5.95 Å². The van der Waals surface area contributed by atoms with E-state index in [4.69, 9.17) is 10.00 Å². The van der Waals surface area contributed by atoms with Crippen molar-refractivity contribution in [1.29, 1.82) is 5.26 Å². The third-order valence-electron chi connectivity index (χ3n) is 5.53. The molecule has 33 heavy (non-hydrogen) atoms. The number of anilines is 5. The third-order valence-corrected chi connectivity index (χ3v) is 5.53. The van der Waals surface area contributed by atoms with Crippen LogP contribution in [0.2, 0.25) is 0 Å². The maximum absolute atomic E-state index is 13.6. The molecule has 9 heteroatoms. The number of nitrogens with zero attached hydrogens (tertiary/aromatic N) is 5. The number of aromatic nitrogens is 2. The van der Waals surface area contributed by atoms with Gasteiger partial charge in [0.1, 0.15) is 17.4 Å². The number of benzene rings is 2. The van der Waals surface area contributed by atoms with Crippen LogP contribution in [-0.4, -0.2) is 55.2 Å². The third kappa shape index (κ3) is 5.48. The molecule has 0 atom stereocenters. The topological polar surface area (TPSA) is 89.3 Å². The second-order valence-electron chi connectivity index (χ2n) is 7.83. The van der Waals surface area contributed by atoms with E-state index in [1.165, 1.54) is 12.1 Å². The highest BCUT2D eigenvalue weighted by molar-refractivity contribution is 5.68. The van der Waals surface area contributed by atoms with Gasteiger partial charge in [0.05, 0.1) is 25.3 Å². The normalized spacial score (nSPS) is 13.9. The van der Waals surface area contributed by atoms with E-state index in [-0.39, 0.29) is 12.2 Å². The standard InChI is InChI=1S/C24H26FN7O/c1-31-11-13-32(14-12-31)21-6-4-19(16-22(21)33-2)28-24-27-10-8-23(30-24)29-20-5-3-18(25)15-17(20)7-9-26/h3-6,8,10,15-16H,7,11-14H2,1-2H3,(H2,27,28,29,30). The fourth-order valence-corrected chi connectivity index (χ4v) is 3.74. The molecular weight excluding hydrogens is 421 g/mol. The van der Waals surface area contributed by atoms with Gasteiger partial charge in [0.15, 0.2) is 0 Å².